The predicted molar refractivity (Wildman–Crippen MR) is 85.2 cm³/mol. The lowest BCUT2D eigenvalue weighted by Gasteiger charge is -2.14. The molecule has 0 saturated carbocycles. The molecule has 116 valence electrons. The quantitative estimate of drug-likeness (QED) is 0.849. The molecule has 0 fully saturated rings. The Kier molecular flexibility index (Phi) is 5.11. The van der Waals surface area contributed by atoms with Gasteiger partial charge in [0.1, 0.15) is 5.00 Å². The number of anilines is 1. The van der Waals surface area contributed by atoms with Crippen LogP contribution in [0, 0.1) is 6.92 Å². The van der Waals surface area contributed by atoms with Gasteiger partial charge in [0.25, 0.3) is 0 Å². The number of hydrogen-bond donors (Lipinski definition) is 2. The van der Waals surface area contributed by atoms with Crippen LogP contribution in [0.25, 0.3) is 0 Å². The van der Waals surface area contributed by atoms with E-state index in [1.807, 2.05) is 26.0 Å². The van der Waals surface area contributed by atoms with E-state index < -0.39 is 5.97 Å². The zero-order chi connectivity index (χ0) is 16.1. The van der Waals surface area contributed by atoms with Gasteiger partial charge in [-0.3, -0.25) is 10.3 Å². The Hall–Kier alpha value is -2.41. The van der Waals surface area contributed by atoms with Crippen molar-refractivity contribution in [3.05, 3.63) is 46.6 Å². The molecule has 0 aliphatic carbocycles. The number of ether oxygens (including phenoxy) is 1. The molecule has 0 radical (unpaired) electrons. The number of methoxy groups -OCH3 is 1. The van der Waals surface area contributed by atoms with Gasteiger partial charge in [-0.25, -0.2) is 9.59 Å². The first-order chi connectivity index (χ1) is 10.5. The van der Waals surface area contributed by atoms with Gasteiger partial charge < -0.3 is 10.1 Å². The van der Waals surface area contributed by atoms with Crippen LogP contribution in [-0.4, -0.2) is 24.1 Å². The molecular formula is C15H17N3O3S. The second-order valence-electron chi connectivity index (χ2n) is 4.70. The van der Waals surface area contributed by atoms with Crippen LogP contribution in [-0.2, 0) is 4.74 Å². The number of esters is 1. The molecule has 0 aliphatic rings. The minimum Gasteiger partial charge on any atom is -0.465 e. The molecule has 2 heterocycles. The Morgan fingerprint density at radius 3 is 2.82 bits per heavy atom. The summed E-state index contributed by atoms with van der Waals surface area (Å²) in [6, 6.07) is 4.80. The molecular weight excluding hydrogens is 302 g/mol. The first-order valence-corrected chi connectivity index (χ1v) is 7.49. The molecule has 0 saturated heterocycles. The number of hydrogen-bond acceptors (Lipinski definition) is 5. The number of aromatic nitrogens is 1. The Bertz CT molecular complexity index is 670. The number of aryl methyl sites for hydroxylation is 1. The maximum absolute atomic E-state index is 12.1. The van der Waals surface area contributed by atoms with Crippen molar-refractivity contribution in [2.24, 2.45) is 0 Å². The molecule has 6 nitrogen and oxygen atoms in total. The molecule has 0 bridgehead atoms. The van der Waals surface area contributed by atoms with Crippen LogP contribution >= 0.6 is 11.3 Å². The van der Waals surface area contributed by atoms with E-state index in [0.717, 1.165) is 10.4 Å². The number of thiophene rings is 1. The lowest BCUT2D eigenvalue weighted by atomic mass is 10.1. The van der Waals surface area contributed by atoms with Gasteiger partial charge in [-0.2, -0.15) is 0 Å². The number of carbonyl (C=O) groups excluding carboxylic acids is 2. The van der Waals surface area contributed by atoms with Gasteiger partial charge in [-0.05, 0) is 31.5 Å². The van der Waals surface area contributed by atoms with Crippen molar-refractivity contribution in [1.82, 2.24) is 10.3 Å². The fraction of sp³-hybridized carbons (Fsp3) is 0.267. The SMILES string of the molecule is COC(=O)c1cc(C)sc1NC(=O)N[C@H](C)c1cccnc1. The maximum Gasteiger partial charge on any atom is 0.340 e. The highest BCUT2D eigenvalue weighted by molar-refractivity contribution is 7.16. The van der Waals surface area contributed by atoms with Crippen LogP contribution in [0.4, 0.5) is 9.80 Å². The second kappa shape index (κ2) is 7.04. The average molecular weight is 319 g/mol. The van der Waals surface area contributed by atoms with Gasteiger partial charge in [0.05, 0.1) is 18.7 Å². The van der Waals surface area contributed by atoms with E-state index in [9.17, 15) is 9.59 Å². The van der Waals surface area contributed by atoms with Gasteiger partial charge in [-0.15, -0.1) is 11.3 Å². The monoisotopic (exact) mass is 319 g/mol. The number of carbonyl (C=O) groups is 2. The molecule has 2 N–H and O–H groups in total. The summed E-state index contributed by atoms with van der Waals surface area (Å²) in [4.78, 5) is 28.7. The zero-order valence-electron chi connectivity index (χ0n) is 12.5. The molecule has 2 aromatic rings. The second-order valence-corrected chi connectivity index (χ2v) is 5.95. The summed E-state index contributed by atoms with van der Waals surface area (Å²) in [5.41, 5.74) is 1.25. The molecule has 0 aliphatic heterocycles. The van der Waals surface area contributed by atoms with Crippen LogP contribution in [0.1, 0.15) is 33.8 Å². The summed E-state index contributed by atoms with van der Waals surface area (Å²) >= 11 is 1.32. The molecule has 2 rings (SSSR count). The van der Waals surface area contributed by atoms with E-state index in [1.165, 1.54) is 18.4 Å². The first kappa shape index (κ1) is 16.0. The van der Waals surface area contributed by atoms with E-state index in [2.05, 4.69) is 15.6 Å². The number of rotatable bonds is 4. The van der Waals surface area contributed by atoms with Crippen LogP contribution < -0.4 is 10.6 Å². The minimum absolute atomic E-state index is 0.198. The summed E-state index contributed by atoms with van der Waals surface area (Å²) in [6.07, 6.45) is 3.37. The van der Waals surface area contributed by atoms with Crippen molar-refractivity contribution in [2.75, 3.05) is 12.4 Å². The van der Waals surface area contributed by atoms with Gasteiger partial charge in [-0.1, -0.05) is 6.07 Å². The summed E-state index contributed by atoms with van der Waals surface area (Å²) < 4.78 is 4.71. The molecule has 0 unspecified atom stereocenters. The van der Waals surface area contributed by atoms with E-state index in [1.54, 1.807) is 18.5 Å². The highest BCUT2D eigenvalue weighted by Gasteiger charge is 2.18. The Labute approximate surface area is 132 Å². The van der Waals surface area contributed by atoms with Crippen molar-refractivity contribution in [3.8, 4) is 0 Å². The Morgan fingerprint density at radius 1 is 1.41 bits per heavy atom. The van der Waals surface area contributed by atoms with E-state index in [-0.39, 0.29) is 12.1 Å². The van der Waals surface area contributed by atoms with Gasteiger partial charge >= 0.3 is 12.0 Å². The third-order valence-electron chi connectivity index (χ3n) is 3.02. The van der Waals surface area contributed by atoms with Gasteiger partial charge in [0.2, 0.25) is 0 Å². The summed E-state index contributed by atoms with van der Waals surface area (Å²) in [6.45, 7) is 3.72. The van der Waals surface area contributed by atoms with Crippen molar-refractivity contribution >= 4 is 28.3 Å². The molecule has 2 aromatic heterocycles. The minimum atomic E-state index is -0.472. The summed E-state index contributed by atoms with van der Waals surface area (Å²) in [5.74, 6) is -0.472. The van der Waals surface area contributed by atoms with E-state index in [4.69, 9.17) is 4.74 Å². The third kappa shape index (κ3) is 3.82. The molecule has 22 heavy (non-hydrogen) atoms. The predicted octanol–water partition coefficient (Wildman–Crippen LogP) is 3.12. The molecule has 0 spiro atoms. The highest BCUT2D eigenvalue weighted by atomic mass is 32.1. The summed E-state index contributed by atoms with van der Waals surface area (Å²) in [7, 11) is 1.31. The molecule has 7 heteroatoms. The van der Waals surface area contributed by atoms with Gasteiger partial charge in [0, 0.05) is 17.3 Å². The zero-order valence-corrected chi connectivity index (χ0v) is 13.4. The normalized spacial score (nSPS) is 11.6. The number of nitrogens with zero attached hydrogens (tertiary/aromatic N) is 1. The first-order valence-electron chi connectivity index (χ1n) is 6.67. The van der Waals surface area contributed by atoms with Crippen LogP contribution in [0.5, 0.6) is 0 Å². The van der Waals surface area contributed by atoms with Crippen molar-refractivity contribution in [2.45, 2.75) is 19.9 Å². The smallest absolute Gasteiger partial charge is 0.340 e. The van der Waals surface area contributed by atoms with Crippen molar-refractivity contribution < 1.29 is 14.3 Å². The van der Waals surface area contributed by atoms with Crippen LogP contribution in [0.15, 0.2) is 30.6 Å². The third-order valence-corrected chi connectivity index (χ3v) is 3.99. The maximum atomic E-state index is 12.1. The highest BCUT2D eigenvalue weighted by Crippen LogP contribution is 2.28. The fourth-order valence-electron chi connectivity index (χ4n) is 1.92. The Morgan fingerprint density at radius 2 is 2.18 bits per heavy atom. The molecule has 2 amide bonds. The average Bonchev–Trinajstić information content (AvgIpc) is 2.87. The summed E-state index contributed by atoms with van der Waals surface area (Å²) in [5, 5.41) is 5.97. The Balaban J connectivity index is 2.05. The fourth-order valence-corrected chi connectivity index (χ4v) is 2.81. The van der Waals surface area contributed by atoms with Crippen molar-refractivity contribution in [1.29, 1.82) is 0 Å². The van der Waals surface area contributed by atoms with E-state index >= 15 is 0 Å². The lowest BCUT2D eigenvalue weighted by molar-refractivity contribution is 0.0602. The number of amides is 2. The standard InChI is InChI=1S/C15H17N3O3S/c1-9-7-12(14(19)21-3)13(22-9)18-15(20)17-10(2)11-5-4-6-16-8-11/h4-8,10H,1-3H3,(H2,17,18,20)/t10-/m1/s1. The molecule has 1 atom stereocenters. The van der Waals surface area contributed by atoms with Gasteiger partial charge in [0.15, 0.2) is 0 Å². The largest absolute Gasteiger partial charge is 0.465 e. The number of pyridine rings is 1. The number of urea groups is 1. The van der Waals surface area contributed by atoms with Crippen molar-refractivity contribution in [3.63, 3.8) is 0 Å². The lowest BCUT2D eigenvalue weighted by Crippen LogP contribution is -2.31. The van der Waals surface area contributed by atoms with Crippen LogP contribution in [0.3, 0.4) is 0 Å². The molecule has 0 aromatic carbocycles. The van der Waals surface area contributed by atoms with Crippen LogP contribution in [0.2, 0.25) is 0 Å². The number of nitrogens with one attached hydrogen (secondary N) is 2. The van der Waals surface area contributed by atoms with E-state index in [0.29, 0.717) is 10.6 Å². The topological polar surface area (TPSA) is 80.3 Å².